The van der Waals surface area contributed by atoms with Gasteiger partial charge in [0, 0.05) is 23.6 Å². The van der Waals surface area contributed by atoms with E-state index < -0.39 is 15.8 Å². The van der Waals surface area contributed by atoms with E-state index in [9.17, 15) is 12.8 Å². The fourth-order valence-corrected chi connectivity index (χ4v) is 3.65. The first-order valence-corrected chi connectivity index (χ1v) is 8.30. The Morgan fingerprint density at radius 1 is 1.24 bits per heavy atom. The molecule has 2 aromatic carbocycles. The summed E-state index contributed by atoms with van der Waals surface area (Å²) in [5, 5.41) is 0. The Morgan fingerprint density at radius 2 is 1.90 bits per heavy atom. The molecule has 2 rings (SSSR count). The highest BCUT2D eigenvalue weighted by Crippen LogP contribution is 2.26. The van der Waals surface area contributed by atoms with Gasteiger partial charge in [0.1, 0.15) is 10.7 Å². The lowest BCUT2D eigenvalue weighted by atomic mass is 10.2. The third-order valence-corrected chi connectivity index (χ3v) is 5.37. The molecular weight excluding hydrogens is 359 g/mol. The van der Waals surface area contributed by atoms with Crippen LogP contribution >= 0.6 is 15.9 Å². The first-order chi connectivity index (χ1) is 9.82. The van der Waals surface area contributed by atoms with Crippen molar-refractivity contribution in [2.45, 2.75) is 11.4 Å². The molecule has 4 nitrogen and oxygen atoms in total. The fraction of sp³-hybridized carbons (Fsp3) is 0.143. The maximum absolute atomic E-state index is 13.6. The molecule has 0 aromatic heterocycles. The summed E-state index contributed by atoms with van der Waals surface area (Å²) in [5.41, 5.74) is 6.19. The second-order valence-corrected chi connectivity index (χ2v) is 7.46. The van der Waals surface area contributed by atoms with Crippen molar-refractivity contribution >= 4 is 31.6 Å². The van der Waals surface area contributed by atoms with Crippen molar-refractivity contribution < 1.29 is 12.8 Å². The van der Waals surface area contributed by atoms with Gasteiger partial charge in [-0.15, -0.1) is 0 Å². The Balaban J connectivity index is 2.35. The quantitative estimate of drug-likeness (QED) is 0.839. The van der Waals surface area contributed by atoms with Gasteiger partial charge in [-0.25, -0.2) is 12.8 Å². The van der Waals surface area contributed by atoms with E-state index in [4.69, 9.17) is 5.73 Å². The Labute approximate surface area is 131 Å². The van der Waals surface area contributed by atoms with Crippen molar-refractivity contribution in [2.75, 3.05) is 12.8 Å². The molecule has 0 aliphatic carbocycles. The zero-order valence-electron chi connectivity index (χ0n) is 11.3. The zero-order valence-corrected chi connectivity index (χ0v) is 13.7. The Bertz CT molecular complexity index is 765. The SMILES string of the molecule is CN(Cc1ccccc1F)S(=O)(=O)c1cc(Br)ccc1N. The van der Waals surface area contributed by atoms with E-state index in [1.54, 1.807) is 24.3 Å². The van der Waals surface area contributed by atoms with Gasteiger partial charge < -0.3 is 5.73 Å². The minimum atomic E-state index is -3.80. The molecule has 2 aromatic rings. The second kappa shape index (κ2) is 6.13. The van der Waals surface area contributed by atoms with Crippen molar-refractivity contribution in [1.29, 1.82) is 0 Å². The van der Waals surface area contributed by atoms with Crippen LogP contribution in [0, 0.1) is 5.82 Å². The van der Waals surface area contributed by atoms with Crippen LogP contribution in [-0.2, 0) is 16.6 Å². The minimum absolute atomic E-state index is 0.00397. The van der Waals surface area contributed by atoms with E-state index in [-0.39, 0.29) is 17.1 Å². The molecular formula is C14H14BrFN2O2S. The van der Waals surface area contributed by atoms with Gasteiger partial charge in [0.25, 0.3) is 0 Å². The Hall–Kier alpha value is -1.44. The number of hydrogen-bond acceptors (Lipinski definition) is 3. The number of rotatable bonds is 4. The van der Waals surface area contributed by atoms with Crippen LogP contribution in [0.15, 0.2) is 51.8 Å². The van der Waals surface area contributed by atoms with Gasteiger partial charge in [-0.3, -0.25) is 0 Å². The molecule has 21 heavy (non-hydrogen) atoms. The van der Waals surface area contributed by atoms with Gasteiger partial charge in [0.05, 0.1) is 5.69 Å². The molecule has 2 N–H and O–H groups in total. The van der Waals surface area contributed by atoms with Crippen molar-refractivity contribution in [2.24, 2.45) is 0 Å². The first-order valence-electron chi connectivity index (χ1n) is 6.07. The molecule has 0 bridgehead atoms. The molecule has 0 atom stereocenters. The van der Waals surface area contributed by atoms with E-state index in [1.807, 2.05) is 0 Å². The van der Waals surface area contributed by atoms with Crippen LogP contribution in [0.25, 0.3) is 0 Å². The number of anilines is 1. The highest BCUT2D eigenvalue weighted by atomic mass is 79.9. The normalized spacial score (nSPS) is 11.8. The van der Waals surface area contributed by atoms with Gasteiger partial charge in [-0.1, -0.05) is 34.1 Å². The third-order valence-electron chi connectivity index (χ3n) is 3.01. The number of nitrogens with two attached hydrogens (primary N) is 1. The number of nitrogens with zero attached hydrogens (tertiary/aromatic N) is 1. The van der Waals surface area contributed by atoms with Gasteiger partial charge in [0.15, 0.2) is 0 Å². The average molecular weight is 373 g/mol. The summed E-state index contributed by atoms with van der Waals surface area (Å²) in [4.78, 5) is -0.00397. The summed E-state index contributed by atoms with van der Waals surface area (Å²) in [6.07, 6.45) is 0. The molecule has 7 heteroatoms. The largest absolute Gasteiger partial charge is 0.398 e. The van der Waals surface area contributed by atoms with Crippen LogP contribution in [-0.4, -0.2) is 19.8 Å². The molecule has 0 radical (unpaired) electrons. The molecule has 0 spiro atoms. The maximum atomic E-state index is 13.6. The number of benzene rings is 2. The third kappa shape index (κ3) is 3.42. The van der Waals surface area contributed by atoms with Gasteiger partial charge in [-0.2, -0.15) is 4.31 Å². The molecule has 0 heterocycles. The van der Waals surface area contributed by atoms with Gasteiger partial charge in [0.2, 0.25) is 10.0 Å². The van der Waals surface area contributed by atoms with Crippen molar-refractivity contribution in [3.63, 3.8) is 0 Å². The maximum Gasteiger partial charge on any atom is 0.245 e. The fourth-order valence-electron chi connectivity index (χ4n) is 1.85. The van der Waals surface area contributed by atoms with E-state index in [0.29, 0.717) is 10.0 Å². The summed E-state index contributed by atoms with van der Waals surface area (Å²) in [7, 11) is -2.40. The molecule has 0 saturated heterocycles. The molecule has 112 valence electrons. The highest BCUT2D eigenvalue weighted by Gasteiger charge is 2.24. The average Bonchev–Trinajstić information content (AvgIpc) is 2.43. The number of sulfonamides is 1. The lowest BCUT2D eigenvalue weighted by Gasteiger charge is -2.19. The molecule has 0 aliphatic rings. The van der Waals surface area contributed by atoms with Crippen LogP contribution in [0.2, 0.25) is 0 Å². The molecule has 0 aliphatic heterocycles. The highest BCUT2D eigenvalue weighted by molar-refractivity contribution is 9.10. The van der Waals surface area contributed by atoms with Crippen LogP contribution in [0.4, 0.5) is 10.1 Å². The summed E-state index contributed by atoms with van der Waals surface area (Å²) >= 11 is 3.22. The van der Waals surface area contributed by atoms with Crippen LogP contribution < -0.4 is 5.73 Å². The second-order valence-electron chi connectivity index (χ2n) is 4.53. The molecule has 0 fully saturated rings. The van der Waals surface area contributed by atoms with Crippen molar-refractivity contribution in [3.05, 3.63) is 58.3 Å². The van der Waals surface area contributed by atoms with Crippen LogP contribution in [0.5, 0.6) is 0 Å². The van der Waals surface area contributed by atoms with Gasteiger partial charge in [-0.05, 0) is 24.3 Å². The van der Waals surface area contributed by atoms with Gasteiger partial charge >= 0.3 is 0 Å². The van der Waals surface area contributed by atoms with Crippen molar-refractivity contribution in [3.8, 4) is 0 Å². The Morgan fingerprint density at radius 3 is 2.57 bits per heavy atom. The zero-order chi connectivity index (χ0) is 15.6. The van der Waals surface area contributed by atoms with E-state index in [1.165, 1.54) is 25.2 Å². The summed E-state index contributed by atoms with van der Waals surface area (Å²) < 4.78 is 40.4. The summed E-state index contributed by atoms with van der Waals surface area (Å²) in [6, 6.07) is 10.7. The standard InChI is InChI=1S/C14H14BrFN2O2S/c1-18(9-10-4-2-3-5-12(10)16)21(19,20)14-8-11(15)6-7-13(14)17/h2-8H,9,17H2,1H3. The monoisotopic (exact) mass is 372 g/mol. The van der Waals surface area contributed by atoms with Crippen LogP contribution in [0.3, 0.4) is 0 Å². The minimum Gasteiger partial charge on any atom is -0.398 e. The first kappa shape index (κ1) is 15.9. The molecule has 0 saturated carbocycles. The number of hydrogen-bond donors (Lipinski definition) is 1. The smallest absolute Gasteiger partial charge is 0.245 e. The lowest BCUT2D eigenvalue weighted by Crippen LogP contribution is -2.27. The predicted octanol–water partition coefficient (Wildman–Crippen LogP) is 2.99. The Kier molecular flexibility index (Phi) is 4.65. The van der Waals surface area contributed by atoms with Crippen LogP contribution in [0.1, 0.15) is 5.56 Å². The molecule has 0 unspecified atom stereocenters. The lowest BCUT2D eigenvalue weighted by molar-refractivity contribution is 0.456. The van der Waals surface area contributed by atoms with E-state index in [2.05, 4.69) is 15.9 Å². The van der Waals surface area contributed by atoms with E-state index in [0.717, 1.165) is 4.31 Å². The molecule has 0 amide bonds. The predicted molar refractivity (Wildman–Crippen MR) is 83.6 cm³/mol. The summed E-state index contributed by atoms with van der Waals surface area (Å²) in [5.74, 6) is -0.443. The topological polar surface area (TPSA) is 63.4 Å². The van der Waals surface area contributed by atoms with E-state index >= 15 is 0 Å². The number of nitrogen functional groups attached to an aromatic ring is 1. The number of halogens is 2. The summed E-state index contributed by atoms with van der Waals surface area (Å²) in [6.45, 7) is -0.0685. The van der Waals surface area contributed by atoms with Crippen molar-refractivity contribution in [1.82, 2.24) is 4.31 Å².